The third-order valence-electron chi connectivity index (χ3n) is 6.88. The van der Waals surface area contributed by atoms with Crippen LogP contribution in [-0.4, -0.2) is 32.4 Å². The Labute approximate surface area is 229 Å². The molecule has 204 valence electrons. The summed E-state index contributed by atoms with van der Waals surface area (Å²) in [6, 6.07) is 18.3. The largest absolute Gasteiger partial charge is 0.506 e. The summed E-state index contributed by atoms with van der Waals surface area (Å²) in [6.07, 6.45) is 1.78. The van der Waals surface area contributed by atoms with Gasteiger partial charge in [-0.2, -0.15) is 0 Å². The summed E-state index contributed by atoms with van der Waals surface area (Å²) >= 11 is 0. The van der Waals surface area contributed by atoms with E-state index < -0.39 is 17.4 Å². The van der Waals surface area contributed by atoms with Crippen molar-refractivity contribution in [3.05, 3.63) is 112 Å². The van der Waals surface area contributed by atoms with E-state index in [-0.39, 0.29) is 45.4 Å². The van der Waals surface area contributed by atoms with Crippen LogP contribution in [0.2, 0.25) is 0 Å². The fourth-order valence-corrected chi connectivity index (χ4v) is 4.51. The summed E-state index contributed by atoms with van der Waals surface area (Å²) in [7, 11) is 0. The molecule has 4 aromatic carbocycles. The monoisotopic (exact) mass is 540 g/mol. The van der Waals surface area contributed by atoms with E-state index in [9.17, 15) is 30.0 Å². The molecule has 10 heteroatoms. The van der Waals surface area contributed by atoms with Gasteiger partial charge in [0.1, 0.15) is 11.5 Å². The molecule has 0 saturated heterocycles. The van der Waals surface area contributed by atoms with Gasteiger partial charge < -0.3 is 43.4 Å². The molecule has 12 N–H and O–H groups in total. The van der Waals surface area contributed by atoms with Gasteiger partial charge in [0, 0.05) is 16.8 Å². The van der Waals surface area contributed by atoms with Crippen LogP contribution < -0.4 is 22.9 Å². The number of hydrogen-bond donors (Lipinski definition) is 8. The average molecular weight is 541 g/mol. The Morgan fingerprint density at radius 1 is 0.625 bits per heavy atom. The lowest BCUT2D eigenvalue weighted by molar-refractivity contribution is 0.0687. The maximum atomic E-state index is 11.9. The maximum absolute atomic E-state index is 11.9. The lowest BCUT2D eigenvalue weighted by Crippen LogP contribution is -2.22. The van der Waals surface area contributed by atoms with E-state index in [1.165, 1.54) is 48.5 Å². The molecule has 4 aromatic rings. The van der Waals surface area contributed by atoms with E-state index in [1.54, 1.807) is 30.3 Å². The summed E-state index contributed by atoms with van der Waals surface area (Å²) in [5.74, 6) is -2.81. The molecule has 0 fully saturated rings. The van der Waals surface area contributed by atoms with Crippen molar-refractivity contribution in [1.82, 2.24) is 0 Å². The molecule has 10 nitrogen and oxygen atoms in total. The van der Waals surface area contributed by atoms with E-state index in [4.69, 9.17) is 22.9 Å². The summed E-state index contributed by atoms with van der Waals surface area (Å²) in [5, 5.41) is 40.4. The van der Waals surface area contributed by atoms with E-state index >= 15 is 0 Å². The van der Waals surface area contributed by atoms with Gasteiger partial charge in [-0.3, -0.25) is 0 Å². The number of aromatic hydroxyl groups is 2. The van der Waals surface area contributed by atoms with Crippen molar-refractivity contribution in [1.29, 1.82) is 0 Å². The van der Waals surface area contributed by atoms with Crippen molar-refractivity contribution in [2.75, 3.05) is 22.9 Å². The molecule has 0 aliphatic heterocycles. The first kappa shape index (κ1) is 27.4. The average Bonchev–Trinajstić information content (AvgIpc) is 2.90. The molecule has 0 heterocycles. The standard InChI is InChI=1S/C30H28N4O6/c1-30(17-4-8-24(33)26(35)12-17,18-5-9-25(34)27(36)13-18)14-21(15-2-6-22(31)19(10-15)28(37)38)16-3-7-23(32)20(11-16)29(39)40/h2-14,35-36H,31-34H2,1H3,(H,37,38)(H,39,40). The van der Waals surface area contributed by atoms with Gasteiger partial charge in [0.2, 0.25) is 0 Å². The fourth-order valence-electron chi connectivity index (χ4n) is 4.51. The maximum Gasteiger partial charge on any atom is 0.337 e. The number of phenolic OH excluding ortho intramolecular Hbond substituents is 2. The zero-order valence-electron chi connectivity index (χ0n) is 21.4. The topological polar surface area (TPSA) is 219 Å². The van der Waals surface area contributed by atoms with Gasteiger partial charge in [0.25, 0.3) is 0 Å². The quantitative estimate of drug-likeness (QED) is 0.123. The Bertz CT molecular complexity index is 1580. The molecule has 40 heavy (non-hydrogen) atoms. The van der Waals surface area contributed by atoms with Gasteiger partial charge in [0.05, 0.1) is 22.5 Å². The van der Waals surface area contributed by atoms with Gasteiger partial charge >= 0.3 is 11.9 Å². The van der Waals surface area contributed by atoms with Crippen LogP contribution in [0, 0.1) is 0 Å². The number of anilines is 4. The summed E-state index contributed by atoms with van der Waals surface area (Å²) < 4.78 is 0. The highest BCUT2D eigenvalue weighted by Gasteiger charge is 2.30. The number of allylic oxidation sites excluding steroid dienone is 1. The highest BCUT2D eigenvalue weighted by molar-refractivity contribution is 5.98. The van der Waals surface area contributed by atoms with Crippen LogP contribution in [0.15, 0.2) is 78.9 Å². The second kappa shape index (κ2) is 10.3. The van der Waals surface area contributed by atoms with Gasteiger partial charge in [0.15, 0.2) is 0 Å². The van der Waals surface area contributed by atoms with E-state index in [2.05, 4.69) is 0 Å². The summed E-state index contributed by atoms with van der Waals surface area (Å²) in [4.78, 5) is 23.8. The third-order valence-corrected chi connectivity index (χ3v) is 6.88. The Hall–Kier alpha value is -5.64. The van der Waals surface area contributed by atoms with Crippen molar-refractivity contribution >= 4 is 40.3 Å². The molecule has 0 unspecified atom stereocenters. The van der Waals surface area contributed by atoms with Gasteiger partial charge in [-0.25, -0.2) is 9.59 Å². The predicted molar refractivity (Wildman–Crippen MR) is 154 cm³/mol. The molecular weight excluding hydrogens is 512 g/mol. The number of carboxylic acid groups (broad SMARTS) is 2. The molecule has 0 radical (unpaired) electrons. The van der Waals surface area contributed by atoms with Gasteiger partial charge in [-0.1, -0.05) is 30.3 Å². The Morgan fingerprint density at radius 3 is 1.35 bits per heavy atom. The number of phenols is 2. The Morgan fingerprint density at radius 2 is 1.00 bits per heavy atom. The lowest BCUT2D eigenvalue weighted by Gasteiger charge is -2.30. The van der Waals surface area contributed by atoms with E-state index in [0.29, 0.717) is 27.8 Å². The highest BCUT2D eigenvalue weighted by Crippen LogP contribution is 2.42. The second-order valence-electron chi connectivity index (χ2n) is 9.52. The Kier molecular flexibility index (Phi) is 7.02. The van der Waals surface area contributed by atoms with Crippen molar-refractivity contribution in [2.24, 2.45) is 0 Å². The lowest BCUT2D eigenvalue weighted by atomic mass is 9.73. The van der Waals surface area contributed by atoms with Crippen molar-refractivity contribution < 1.29 is 30.0 Å². The molecule has 4 rings (SSSR count). The molecular formula is C30H28N4O6. The van der Waals surface area contributed by atoms with Crippen LogP contribution in [0.4, 0.5) is 22.7 Å². The van der Waals surface area contributed by atoms with Crippen molar-refractivity contribution in [3.63, 3.8) is 0 Å². The minimum Gasteiger partial charge on any atom is -0.506 e. The first-order chi connectivity index (χ1) is 18.8. The third kappa shape index (κ3) is 5.05. The fraction of sp³-hybridized carbons (Fsp3) is 0.0667. The summed E-state index contributed by atoms with van der Waals surface area (Å²) in [5.41, 5.74) is 24.9. The molecule has 0 spiro atoms. The molecule has 0 aliphatic carbocycles. The van der Waals surface area contributed by atoms with Crippen molar-refractivity contribution in [3.8, 4) is 11.5 Å². The van der Waals surface area contributed by atoms with Gasteiger partial charge in [-0.15, -0.1) is 0 Å². The molecule has 0 aliphatic rings. The number of aromatic carboxylic acids is 2. The zero-order valence-corrected chi connectivity index (χ0v) is 21.4. The molecule has 0 bridgehead atoms. The van der Waals surface area contributed by atoms with Crippen LogP contribution in [0.5, 0.6) is 11.5 Å². The molecule has 0 aromatic heterocycles. The Balaban J connectivity index is 2.12. The van der Waals surface area contributed by atoms with E-state index in [0.717, 1.165) is 0 Å². The molecule has 0 saturated carbocycles. The number of hydrogen-bond acceptors (Lipinski definition) is 8. The number of nitrogens with two attached hydrogens (primary N) is 4. The number of benzene rings is 4. The van der Waals surface area contributed by atoms with Crippen LogP contribution in [-0.2, 0) is 5.41 Å². The number of rotatable bonds is 7. The molecule has 0 amide bonds. The first-order valence-corrected chi connectivity index (χ1v) is 12.0. The second-order valence-corrected chi connectivity index (χ2v) is 9.52. The van der Waals surface area contributed by atoms with E-state index in [1.807, 2.05) is 6.92 Å². The van der Waals surface area contributed by atoms with Crippen LogP contribution in [0.3, 0.4) is 0 Å². The number of carboxylic acids is 2. The van der Waals surface area contributed by atoms with Gasteiger partial charge in [-0.05, 0) is 83.3 Å². The predicted octanol–water partition coefficient (Wildman–Crippen LogP) is 4.26. The highest BCUT2D eigenvalue weighted by atomic mass is 16.4. The van der Waals surface area contributed by atoms with Crippen LogP contribution in [0.1, 0.15) is 49.9 Å². The number of carbonyl (C=O) groups is 2. The number of nitrogen functional groups attached to an aromatic ring is 4. The zero-order chi connectivity index (χ0) is 29.4. The first-order valence-electron chi connectivity index (χ1n) is 12.0. The van der Waals surface area contributed by atoms with Crippen molar-refractivity contribution in [2.45, 2.75) is 12.3 Å². The smallest absolute Gasteiger partial charge is 0.337 e. The SMILES string of the molecule is CC(C=C(c1ccc(N)c(C(=O)O)c1)c1ccc(N)c(C(=O)O)c1)(c1ccc(N)c(O)c1)c1ccc(N)c(O)c1. The van der Waals surface area contributed by atoms with Crippen LogP contribution in [0.25, 0.3) is 5.57 Å². The molecule has 0 atom stereocenters. The normalized spacial score (nSPS) is 11.1. The van der Waals surface area contributed by atoms with Crippen LogP contribution >= 0.6 is 0 Å². The minimum absolute atomic E-state index is 0.0498. The summed E-state index contributed by atoms with van der Waals surface area (Å²) in [6.45, 7) is 1.81. The minimum atomic E-state index is -1.24.